The van der Waals surface area contributed by atoms with Crippen LogP contribution in [0.1, 0.15) is 26.3 Å². The Morgan fingerprint density at radius 2 is 2.24 bits per heavy atom. The summed E-state index contributed by atoms with van der Waals surface area (Å²) in [5.74, 6) is -0.169. The molecule has 0 amide bonds. The van der Waals surface area contributed by atoms with Gasteiger partial charge in [-0.05, 0) is 26.0 Å². The van der Waals surface area contributed by atoms with E-state index in [0.29, 0.717) is 13.0 Å². The van der Waals surface area contributed by atoms with Crippen molar-refractivity contribution in [1.82, 2.24) is 9.55 Å². The number of carbonyl (C=O) groups excluding carboxylic acids is 1. The SMILES string of the molecule is CCOC(=O)CC(C)n1cnc2ccccc21. The van der Waals surface area contributed by atoms with Gasteiger partial charge in [0.25, 0.3) is 0 Å². The Bertz CT molecular complexity index is 519. The van der Waals surface area contributed by atoms with Gasteiger partial charge in [0.05, 0.1) is 30.4 Å². The highest BCUT2D eigenvalue weighted by Crippen LogP contribution is 2.19. The van der Waals surface area contributed by atoms with Crippen LogP contribution in [0.5, 0.6) is 0 Å². The molecule has 0 saturated carbocycles. The van der Waals surface area contributed by atoms with E-state index in [0.717, 1.165) is 11.0 Å². The third kappa shape index (κ3) is 2.46. The summed E-state index contributed by atoms with van der Waals surface area (Å²) in [7, 11) is 0. The Balaban J connectivity index is 2.19. The Hall–Kier alpha value is -1.84. The molecule has 0 fully saturated rings. The molecule has 0 bridgehead atoms. The fraction of sp³-hybridized carbons (Fsp3) is 0.385. The normalized spacial score (nSPS) is 12.6. The van der Waals surface area contributed by atoms with Gasteiger partial charge < -0.3 is 9.30 Å². The monoisotopic (exact) mass is 232 g/mol. The lowest BCUT2D eigenvalue weighted by atomic mass is 10.2. The molecule has 1 unspecified atom stereocenters. The van der Waals surface area contributed by atoms with E-state index in [9.17, 15) is 4.79 Å². The summed E-state index contributed by atoms with van der Waals surface area (Å²) in [5.41, 5.74) is 1.99. The minimum absolute atomic E-state index is 0.0569. The molecule has 2 rings (SSSR count). The number of benzene rings is 1. The number of hydrogen-bond acceptors (Lipinski definition) is 3. The van der Waals surface area contributed by atoms with Gasteiger partial charge in [-0.3, -0.25) is 4.79 Å². The molecule has 0 saturated heterocycles. The third-order valence-electron chi connectivity index (χ3n) is 2.72. The maximum Gasteiger partial charge on any atom is 0.307 e. The average Bonchev–Trinajstić information content (AvgIpc) is 2.72. The molecule has 4 nitrogen and oxygen atoms in total. The summed E-state index contributed by atoms with van der Waals surface area (Å²) >= 11 is 0. The smallest absolute Gasteiger partial charge is 0.307 e. The first-order valence-electron chi connectivity index (χ1n) is 5.79. The van der Waals surface area contributed by atoms with Gasteiger partial charge in [0.15, 0.2) is 0 Å². The van der Waals surface area contributed by atoms with Crippen molar-refractivity contribution in [2.75, 3.05) is 6.61 Å². The van der Waals surface area contributed by atoms with Crippen molar-refractivity contribution in [1.29, 1.82) is 0 Å². The van der Waals surface area contributed by atoms with Crippen LogP contribution >= 0.6 is 0 Å². The van der Waals surface area contributed by atoms with Crippen molar-refractivity contribution in [2.45, 2.75) is 26.3 Å². The van der Waals surface area contributed by atoms with Crippen LogP contribution < -0.4 is 0 Å². The van der Waals surface area contributed by atoms with E-state index >= 15 is 0 Å². The molecule has 0 aliphatic rings. The number of hydrogen-bond donors (Lipinski definition) is 0. The van der Waals surface area contributed by atoms with Crippen molar-refractivity contribution in [3.63, 3.8) is 0 Å². The van der Waals surface area contributed by atoms with Crippen LogP contribution in [0, 0.1) is 0 Å². The lowest BCUT2D eigenvalue weighted by molar-refractivity contribution is -0.143. The van der Waals surface area contributed by atoms with Crippen molar-refractivity contribution in [2.24, 2.45) is 0 Å². The zero-order valence-corrected chi connectivity index (χ0v) is 10.1. The maximum atomic E-state index is 11.4. The molecule has 0 aliphatic carbocycles. The summed E-state index contributed by atoms with van der Waals surface area (Å²) in [5, 5.41) is 0. The molecule has 1 atom stereocenters. The largest absolute Gasteiger partial charge is 0.466 e. The average molecular weight is 232 g/mol. The van der Waals surface area contributed by atoms with Gasteiger partial charge in [-0.15, -0.1) is 0 Å². The lowest BCUT2D eigenvalue weighted by Crippen LogP contribution is -2.12. The van der Waals surface area contributed by atoms with Crippen molar-refractivity contribution < 1.29 is 9.53 Å². The standard InChI is InChI=1S/C13H16N2O2/c1-3-17-13(16)8-10(2)15-9-14-11-6-4-5-7-12(11)15/h4-7,9-10H,3,8H2,1-2H3. The Labute approximate surface area is 100 Å². The molecule has 1 aromatic heterocycles. The number of imidazole rings is 1. The quantitative estimate of drug-likeness (QED) is 0.761. The van der Waals surface area contributed by atoms with Crippen LogP contribution in [-0.2, 0) is 9.53 Å². The van der Waals surface area contributed by atoms with Gasteiger partial charge in [-0.1, -0.05) is 12.1 Å². The molecule has 0 aliphatic heterocycles. The van der Waals surface area contributed by atoms with Gasteiger partial charge in [0.1, 0.15) is 0 Å². The highest BCUT2D eigenvalue weighted by molar-refractivity contribution is 5.76. The highest BCUT2D eigenvalue weighted by atomic mass is 16.5. The summed E-state index contributed by atoms with van der Waals surface area (Å²) in [6.45, 7) is 4.23. The number of ether oxygens (including phenoxy) is 1. The molecular weight excluding hydrogens is 216 g/mol. The molecule has 0 spiro atoms. The zero-order valence-electron chi connectivity index (χ0n) is 10.1. The lowest BCUT2D eigenvalue weighted by Gasteiger charge is -2.13. The number of esters is 1. The van der Waals surface area contributed by atoms with Gasteiger partial charge >= 0.3 is 5.97 Å². The number of para-hydroxylation sites is 2. The molecule has 17 heavy (non-hydrogen) atoms. The van der Waals surface area contributed by atoms with E-state index < -0.39 is 0 Å². The van der Waals surface area contributed by atoms with Crippen molar-refractivity contribution >= 4 is 17.0 Å². The summed E-state index contributed by atoms with van der Waals surface area (Å²) in [4.78, 5) is 15.7. The van der Waals surface area contributed by atoms with E-state index in [1.165, 1.54) is 0 Å². The number of rotatable bonds is 4. The maximum absolute atomic E-state index is 11.4. The van der Waals surface area contributed by atoms with Crippen LogP contribution in [0.4, 0.5) is 0 Å². The number of aromatic nitrogens is 2. The summed E-state index contributed by atoms with van der Waals surface area (Å²) < 4.78 is 6.96. The first kappa shape index (κ1) is 11.6. The Morgan fingerprint density at radius 3 is 3.00 bits per heavy atom. The van der Waals surface area contributed by atoms with Crippen LogP contribution in [-0.4, -0.2) is 22.1 Å². The van der Waals surface area contributed by atoms with Gasteiger partial charge in [0, 0.05) is 6.04 Å². The van der Waals surface area contributed by atoms with E-state index in [1.807, 2.05) is 42.7 Å². The molecule has 1 heterocycles. The van der Waals surface area contributed by atoms with Gasteiger partial charge in [-0.25, -0.2) is 4.98 Å². The predicted octanol–water partition coefficient (Wildman–Crippen LogP) is 2.55. The second-order valence-electron chi connectivity index (χ2n) is 4.00. The van der Waals surface area contributed by atoms with Crippen molar-refractivity contribution in [3.8, 4) is 0 Å². The highest BCUT2D eigenvalue weighted by Gasteiger charge is 2.13. The molecule has 4 heteroatoms. The van der Waals surface area contributed by atoms with Gasteiger partial charge in [-0.2, -0.15) is 0 Å². The predicted molar refractivity (Wildman–Crippen MR) is 65.7 cm³/mol. The summed E-state index contributed by atoms with van der Waals surface area (Å²) in [6, 6.07) is 7.95. The molecule has 2 aromatic rings. The first-order valence-corrected chi connectivity index (χ1v) is 5.79. The fourth-order valence-corrected chi connectivity index (χ4v) is 1.89. The number of nitrogens with zero attached hydrogens (tertiary/aromatic N) is 2. The minimum atomic E-state index is -0.169. The van der Waals surface area contributed by atoms with Crippen molar-refractivity contribution in [3.05, 3.63) is 30.6 Å². The minimum Gasteiger partial charge on any atom is -0.466 e. The van der Waals surface area contributed by atoms with Crippen LogP contribution in [0.25, 0.3) is 11.0 Å². The third-order valence-corrected chi connectivity index (χ3v) is 2.72. The Kier molecular flexibility index (Phi) is 3.42. The van der Waals surface area contributed by atoms with Crippen LogP contribution in [0.3, 0.4) is 0 Å². The molecule has 1 aromatic carbocycles. The second kappa shape index (κ2) is 4.99. The van der Waals surface area contributed by atoms with Gasteiger partial charge in [0.2, 0.25) is 0 Å². The topological polar surface area (TPSA) is 44.1 Å². The second-order valence-corrected chi connectivity index (χ2v) is 4.00. The fourth-order valence-electron chi connectivity index (χ4n) is 1.89. The van der Waals surface area contributed by atoms with E-state index in [1.54, 1.807) is 6.33 Å². The van der Waals surface area contributed by atoms with E-state index in [4.69, 9.17) is 4.74 Å². The first-order chi connectivity index (χ1) is 8.22. The molecule has 90 valence electrons. The Morgan fingerprint density at radius 1 is 1.47 bits per heavy atom. The van der Waals surface area contributed by atoms with Crippen LogP contribution in [0.15, 0.2) is 30.6 Å². The van der Waals surface area contributed by atoms with E-state index in [2.05, 4.69) is 4.98 Å². The number of fused-ring (bicyclic) bond motifs is 1. The molecule has 0 N–H and O–H groups in total. The molecule has 0 radical (unpaired) electrons. The number of carbonyl (C=O) groups is 1. The van der Waals surface area contributed by atoms with E-state index in [-0.39, 0.29) is 12.0 Å². The summed E-state index contributed by atoms with van der Waals surface area (Å²) in [6.07, 6.45) is 2.14. The zero-order chi connectivity index (χ0) is 12.3. The molecular formula is C13H16N2O2. The van der Waals surface area contributed by atoms with Crippen LogP contribution in [0.2, 0.25) is 0 Å².